The van der Waals surface area contributed by atoms with Gasteiger partial charge in [-0.3, -0.25) is 19.3 Å². The molecule has 0 radical (unpaired) electrons. The summed E-state index contributed by atoms with van der Waals surface area (Å²) in [5.74, 6) is -2.27. The molecule has 25 heavy (non-hydrogen) atoms. The highest BCUT2D eigenvalue weighted by Gasteiger charge is 2.34. The van der Waals surface area contributed by atoms with Crippen LogP contribution in [0, 0.1) is 5.92 Å². The maximum absolute atomic E-state index is 12.5. The summed E-state index contributed by atoms with van der Waals surface area (Å²) in [7, 11) is -2.51. The summed E-state index contributed by atoms with van der Waals surface area (Å²) in [6.07, 6.45) is 1.73. The number of imide groups is 1. The topological polar surface area (TPSA) is 121 Å². The van der Waals surface area contributed by atoms with Crippen LogP contribution in [0.2, 0.25) is 0 Å². The second-order valence-corrected chi connectivity index (χ2v) is 8.10. The van der Waals surface area contributed by atoms with E-state index in [1.54, 1.807) is 0 Å². The molecule has 1 fully saturated rings. The Hall–Kier alpha value is -2.26. The SMILES string of the molecule is CN1C(=O)c2ccc(S(=O)(=O)NC3CCC(C(=O)O)CC3)cc2C1=O. The zero-order valence-corrected chi connectivity index (χ0v) is 14.4. The van der Waals surface area contributed by atoms with Crippen LogP contribution in [0.3, 0.4) is 0 Å². The molecular formula is C16H18N2O6S. The molecule has 8 nitrogen and oxygen atoms in total. The zero-order chi connectivity index (χ0) is 18.4. The summed E-state index contributed by atoms with van der Waals surface area (Å²) in [5.41, 5.74) is 0.262. The normalized spacial score (nSPS) is 23.6. The van der Waals surface area contributed by atoms with Crippen molar-refractivity contribution < 1.29 is 27.9 Å². The number of carboxylic acid groups (broad SMARTS) is 1. The highest BCUT2D eigenvalue weighted by atomic mass is 32.2. The number of nitrogens with one attached hydrogen (secondary N) is 1. The first-order valence-corrected chi connectivity index (χ1v) is 9.40. The smallest absolute Gasteiger partial charge is 0.306 e. The van der Waals surface area contributed by atoms with Crippen molar-refractivity contribution in [2.45, 2.75) is 36.6 Å². The number of rotatable bonds is 4. The van der Waals surface area contributed by atoms with E-state index < -0.39 is 33.7 Å². The molecule has 2 N–H and O–H groups in total. The van der Waals surface area contributed by atoms with Crippen molar-refractivity contribution in [3.63, 3.8) is 0 Å². The molecule has 1 aliphatic heterocycles. The fourth-order valence-electron chi connectivity index (χ4n) is 3.25. The third-order valence-corrected chi connectivity index (χ3v) is 6.29. The Bertz CT molecular complexity index is 855. The molecule has 2 amide bonds. The number of nitrogens with zero attached hydrogens (tertiary/aromatic N) is 1. The molecule has 2 aliphatic rings. The number of aliphatic carboxylic acids is 1. The molecule has 1 saturated carbocycles. The number of fused-ring (bicyclic) bond motifs is 1. The predicted molar refractivity (Wildman–Crippen MR) is 86.6 cm³/mol. The molecule has 3 rings (SSSR count). The molecule has 1 heterocycles. The standard InChI is InChI=1S/C16H18N2O6S/c1-18-14(19)12-7-6-11(8-13(12)15(18)20)25(23,24)17-10-4-2-9(3-5-10)16(21)22/h6-10,17H,2-5H2,1H3,(H,21,22). The first kappa shape index (κ1) is 17.6. The lowest BCUT2D eigenvalue weighted by molar-refractivity contribution is -0.142. The highest BCUT2D eigenvalue weighted by molar-refractivity contribution is 7.89. The molecule has 0 saturated heterocycles. The molecule has 0 atom stereocenters. The van der Waals surface area contributed by atoms with Gasteiger partial charge in [0, 0.05) is 13.1 Å². The summed E-state index contributed by atoms with van der Waals surface area (Å²) >= 11 is 0. The first-order chi connectivity index (χ1) is 11.7. The van der Waals surface area contributed by atoms with E-state index in [0.29, 0.717) is 25.7 Å². The van der Waals surface area contributed by atoms with E-state index in [-0.39, 0.29) is 22.1 Å². The van der Waals surface area contributed by atoms with Gasteiger partial charge in [0.1, 0.15) is 0 Å². The summed E-state index contributed by atoms with van der Waals surface area (Å²) in [6.45, 7) is 0. The Balaban J connectivity index is 1.77. The number of carboxylic acids is 1. The van der Waals surface area contributed by atoms with E-state index in [1.165, 1.54) is 25.2 Å². The van der Waals surface area contributed by atoms with Crippen molar-refractivity contribution in [1.82, 2.24) is 9.62 Å². The Labute approximate surface area is 144 Å². The number of amides is 2. The van der Waals surface area contributed by atoms with Crippen LogP contribution >= 0.6 is 0 Å². The minimum atomic E-state index is -3.86. The van der Waals surface area contributed by atoms with E-state index in [4.69, 9.17) is 5.11 Å². The Morgan fingerprint density at radius 3 is 2.32 bits per heavy atom. The Kier molecular flexibility index (Phi) is 4.38. The number of hydrogen-bond acceptors (Lipinski definition) is 5. The molecule has 0 unspecified atom stereocenters. The third kappa shape index (κ3) is 3.16. The Morgan fingerprint density at radius 1 is 1.12 bits per heavy atom. The summed E-state index contributed by atoms with van der Waals surface area (Å²) in [6, 6.07) is 3.52. The van der Waals surface area contributed by atoms with Gasteiger partial charge in [-0.25, -0.2) is 13.1 Å². The van der Waals surface area contributed by atoms with Crippen LogP contribution < -0.4 is 4.72 Å². The first-order valence-electron chi connectivity index (χ1n) is 7.92. The molecule has 1 aromatic rings. The van der Waals surface area contributed by atoms with Crippen LogP contribution in [0.5, 0.6) is 0 Å². The van der Waals surface area contributed by atoms with Crippen molar-refractivity contribution in [3.8, 4) is 0 Å². The second-order valence-electron chi connectivity index (χ2n) is 6.38. The number of benzene rings is 1. The van der Waals surface area contributed by atoms with Crippen LogP contribution in [0.25, 0.3) is 0 Å². The summed E-state index contributed by atoms with van der Waals surface area (Å²) in [5, 5.41) is 8.99. The van der Waals surface area contributed by atoms with Gasteiger partial charge >= 0.3 is 5.97 Å². The van der Waals surface area contributed by atoms with Crippen molar-refractivity contribution in [3.05, 3.63) is 29.3 Å². The van der Waals surface area contributed by atoms with Crippen molar-refractivity contribution in [1.29, 1.82) is 0 Å². The second kappa shape index (κ2) is 6.23. The van der Waals surface area contributed by atoms with E-state index in [9.17, 15) is 22.8 Å². The van der Waals surface area contributed by atoms with Crippen LogP contribution in [0.15, 0.2) is 23.1 Å². The van der Waals surface area contributed by atoms with Crippen LogP contribution in [-0.2, 0) is 14.8 Å². The molecule has 9 heteroatoms. The van der Waals surface area contributed by atoms with E-state index >= 15 is 0 Å². The number of hydrogen-bond donors (Lipinski definition) is 2. The van der Waals surface area contributed by atoms with Gasteiger partial charge in [0.05, 0.1) is 21.9 Å². The average molecular weight is 366 g/mol. The lowest BCUT2D eigenvalue weighted by atomic mass is 9.87. The minimum absolute atomic E-state index is 0.0740. The molecule has 134 valence electrons. The summed E-state index contributed by atoms with van der Waals surface area (Å²) < 4.78 is 27.7. The van der Waals surface area contributed by atoms with Gasteiger partial charge in [0.25, 0.3) is 11.8 Å². The summed E-state index contributed by atoms with van der Waals surface area (Å²) in [4.78, 5) is 35.7. The molecule has 0 bridgehead atoms. The van der Waals surface area contributed by atoms with Crippen LogP contribution in [-0.4, -0.2) is 49.3 Å². The van der Waals surface area contributed by atoms with Gasteiger partial charge in [0.2, 0.25) is 10.0 Å². The number of carbonyl (C=O) groups excluding carboxylic acids is 2. The fraction of sp³-hybridized carbons (Fsp3) is 0.438. The number of carbonyl (C=O) groups is 3. The van der Waals surface area contributed by atoms with Gasteiger partial charge in [-0.15, -0.1) is 0 Å². The highest BCUT2D eigenvalue weighted by Crippen LogP contribution is 2.27. The lowest BCUT2D eigenvalue weighted by Gasteiger charge is -2.26. The monoisotopic (exact) mass is 366 g/mol. The van der Waals surface area contributed by atoms with Crippen LogP contribution in [0.4, 0.5) is 0 Å². The maximum atomic E-state index is 12.5. The zero-order valence-electron chi connectivity index (χ0n) is 13.6. The largest absolute Gasteiger partial charge is 0.481 e. The van der Waals surface area contributed by atoms with Gasteiger partial charge in [-0.1, -0.05) is 0 Å². The van der Waals surface area contributed by atoms with Gasteiger partial charge in [-0.05, 0) is 43.9 Å². The minimum Gasteiger partial charge on any atom is -0.481 e. The van der Waals surface area contributed by atoms with E-state index in [2.05, 4.69) is 4.72 Å². The van der Waals surface area contributed by atoms with Crippen molar-refractivity contribution in [2.75, 3.05) is 7.05 Å². The third-order valence-electron chi connectivity index (χ3n) is 4.77. The fourth-order valence-corrected chi connectivity index (χ4v) is 4.58. The van der Waals surface area contributed by atoms with E-state index in [1.807, 2.05) is 0 Å². The van der Waals surface area contributed by atoms with Gasteiger partial charge in [0.15, 0.2) is 0 Å². The van der Waals surface area contributed by atoms with E-state index in [0.717, 1.165) is 4.90 Å². The molecule has 0 aromatic heterocycles. The molecular weight excluding hydrogens is 348 g/mol. The van der Waals surface area contributed by atoms with Gasteiger partial charge < -0.3 is 5.11 Å². The van der Waals surface area contributed by atoms with Crippen LogP contribution in [0.1, 0.15) is 46.4 Å². The van der Waals surface area contributed by atoms with Gasteiger partial charge in [-0.2, -0.15) is 0 Å². The van der Waals surface area contributed by atoms with Crippen molar-refractivity contribution >= 4 is 27.8 Å². The lowest BCUT2D eigenvalue weighted by Crippen LogP contribution is -2.38. The quantitative estimate of drug-likeness (QED) is 0.762. The predicted octanol–water partition coefficient (Wildman–Crippen LogP) is 0.834. The van der Waals surface area contributed by atoms with Crippen molar-refractivity contribution in [2.24, 2.45) is 5.92 Å². The maximum Gasteiger partial charge on any atom is 0.306 e. The molecule has 1 aromatic carbocycles. The molecule has 0 spiro atoms. The Morgan fingerprint density at radius 2 is 1.72 bits per heavy atom. The number of sulfonamides is 1. The molecule has 1 aliphatic carbocycles. The average Bonchev–Trinajstić information content (AvgIpc) is 2.79.